The maximum absolute atomic E-state index is 13.6. The third-order valence-corrected chi connectivity index (χ3v) is 2.75. The van der Waals surface area contributed by atoms with E-state index in [2.05, 4.69) is 9.97 Å². The van der Waals surface area contributed by atoms with Crippen molar-refractivity contribution >= 4 is 16.7 Å². The lowest BCUT2D eigenvalue weighted by Gasteiger charge is -2.23. The van der Waals surface area contributed by atoms with E-state index in [1.165, 1.54) is 23.4 Å². The molecule has 1 heterocycles. The van der Waals surface area contributed by atoms with Gasteiger partial charge in [0.15, 0.2) is 0 Å². The molecule has 3 nitrogen and oxygen atoms in total. The van der Waals surface area contributed by atoms with Gasteiger partial charge in [0.1, 0.15) is 23.5 Å². The molecule has 0 fully saturated rings. The molecule has 0 aliphatic heterocycles. The molecule has 0 amide bonds. The van der Waals surface area contributed by atoms with E-state index in [0.717, 1.165) is 0 Å². The first-order valence-corrected chi connectivity index (χ1v) is 6.05. The van der Waals surface area contributed by atoms with Gasteiger partial charge in [0.05, 0.1) is 6.54 Å². The standard InChI is InChI=1S/C13H14F3N3/c1-2-6-19(7-11(15)16)13-9-4-3-5-10(14)12(9)17-8-18-13/h3-5,8,11H,2,6-7H2,1H3. The summed E-state index contributed by atoms with van der Waals surface area (Å²) >= 11 is 0. The number of alkyl halides is 2. The number of halogens is 3. The van der Waals surface area contributed by atoms with Crippen molar-refractivity contribution in [2.45, 2.75) is 19.8 Å². The monoisotopic (exact) mass is 269 g/mol. The molecule has 1 aromatic carbocycles. The summed E-state index contributed by atoms with van der Waals surface area (Å²) in [6, 6.07) is 4.45. The molecule has 0 saturated heterocycles. The zero-order chi connectivity index (χ0) is 13.8. The summed E-state index contributed by atoms with van der Waals surface area (Å²) < 4.78 is 38.8. The van der Waals surface area contributed by atoms with Gasteiger partial charge in [-0.3, -0.25) is 0 Å². The van der Waals surface area contributed by atoms with E-state index in [9.17, 15) is 13.2 Å². The predicted octanol–water partition coefficient (Wildman–Crippen LogP) is 3.25. The van der Waals surface area contributed by atoms with Crippen LogP contribution in [0.1, 0.15) is 13.3 Å². The fourth-order valence-electron chi connectivity index (χ4n) is 2.01. The lowest BCUT2D eigenvalue weighted by molar-refractivity contribution is 0.154. The smallest absolute Gasteiger partial charge is 0.255 e. The molecule has 0 atom stereocenters. The molecule has 0 bridgehead atoms. The molecular formula is C13H14F3N3. The normalized spacial score (nSPS) is 11.2. The first-order valence-electron chi connectivity index (χ1n) is 6.05. The molecular weight excluding hydrogens is 255 g/mol. The Morgan fingerprint density at radius 3 is 2.74 bits per heavy atom. The second kappa shape index (κ2) is 5.86. The molecule has 1 aromatic heterocycles. The summed E-state index contributed by atoms with van der Waals surface area (Å²) in [4.78, 5) is 9.36. The van der Waals surface area contributed by atoms with Crippen molar-refractivity contribution in [2.24, 2.45) is 0 Å². The van der Waals surface area contributed by atoms with Gasteiger partial charge < -0.3 is 4.90 Å². The number of hydrogen-bond donors (Lipinski definition) is 0. The number of fused-ring (bicyclic) bond motifs is 1. The molecule has 6 heteroatoms. The molecule has 0 aliphatic carbocycles. The van der Waals surface area contributed by atoms with Gasteiger partial charge in [-0.1, -0.05) is 13.0 Å². The van der Waals surface area contributed by atoms with Crippen LogP contribution < -0.4 is 4.90 Å². The number of nitrogens with zero attached hydrogens (tertiary/aromatic N) is 3. The molecule has 102 valence electrons. The Kier molecular flexibility index (Phi) is 4.19. The van der Waals surface area contributed by atoms with E-state index in [1.807, 2.05) is 6.92 Å². The number of benzene rings is 1. The molecule has 0 spiro atoms. The molecule has 19 heavy (non-hydrogen) atoms. The van der Waals surface area contributed by atoms with Crippen molar-refractivity contribution in [3.8, 4) is 0 Å². The summed E-state index contributed by atoms with van der Waals surface area (Å²) in [6.45, 7) is 1.91. The summed E-state index contributed by atoms with van der Waals surface area (Å²) in [5.41, 5.74) is 0.155. The quantitative estimate of drug-likeness (QED) is 0.834. The second-order valence-corrected chi connectivity index (χ2v) is 4.17. The number of aromatic nitrogens is 2. The molecule has 0 saturated carbocycles. The predicted molar refractivity (Wildman–Crippen MR) is 68.0 cm³/mol. The van der Waals surface area contributed by atoms with Gasteiger partial charge in [0, 0.05) is 11.9 Å². The van der Waals surface area contributed by atoms with E-state index in [-0.39, 0.29) is 5.52 Å². The largest absolute Gasteiger partial charge is 0.350 e. The average molecular weight is 269 g/mol. The number of hydrogen-bond acceptors (Lipinski definition) is 3. The van der Waals surface area contributed by atoms with Gasteiger partial charge in [0.25, 0.3) is 6.43 Å². The molecule has 0 N–H and O–H groups in total. The van der Waals surface area contributed by atoms with Crippen molar-refractivity contribution in [1.29, 1.82) is 0 Å². The van der Waals surface area contributed by atoms with Crippen molar-refractivity contribution in [2.75, 3.05) is 18.0 Å². The Morgan fingerprint density at radius 1 is 1.26 bits per heavy atom. The van der Waals surface area contributed by atoms with E-state index in [1.54, 1.807) is 6.07 Å². The van der Waals surface area contributed by atoms with Crippen LogP contribution in [0.25, 0.3) is 10.9 Å². The Morgan fingerprint density at radius 2 is 2.05 bits per heavy atom. The zero-order valence-corrected chi connectivity index (χ0v) is 10.5. The summed E-state index contributed by atoms with van der Waals surface area (Å²) in [7, 11) is 0. The highest BCUT2D eigenvalue weighted by atomic mass is 19.3. The van der Waals surface area contributed by atoms with Gasteiger partial charge >= 0.3 is 0 Å². The minimum absolute atomic E-state index is 0.155. The summed E-state index contributed by atoms with van der Waals surface area (Å²) in [6.07, 6.45) is -0.562. The van der Waals surface area contributed by atoms with Crippen LogP contribution in [-0.4, -0.2) is 29.5 Å². The van der Waals surface area contributed by atoms with Crippen LogP contribution in [0.3, 0.4) is 0 Å². The van der Waals surface area contributed by atoms with Crippen molar-refractivity contribution in [3.63, 3.8) is 0 Å². The molecule has 0 aliphatic rings. The topological polar surface area (TPSA) is 29.0 Å². The third kappa shape index (κ3) is 2.94. The minimum Gasteiger partial charge on any atom is -0.350 e. The Hall–Kier alpha value is -1.85. The maximum atomic E-state index is 13.6. The number of anilines is 1. The number of para-hydroxylation sites is 1. The summed E-state index contributed by atoms with van der Waals surface area (Å²) in [5.74, 6) is -0.124. The van der Waals surface area contributed by atoms with Gasteiger partial charge in [0.2, 0.25) is 0 Å². The maximum Gasteiger partial charge on any atom is 0.255 e. The Balaban J connectivity index is 2.50. The Bertz CT molecular complexity index is 560. The van der Waals surface area contributed by atoms with Gasteiger partial charge in [-0.15, -0.1) is 0 Å². The van der Waals surface area contributed by atoms with Gasteiger partial charge in [-0.2, -0.15) is 0 Å². The van der Waals surface area contributed by atoms with Crippen LogP contribution >= 0.6 is 0 Å². The minimum atomic E-state index is -2.47. The van der Waals surface area contributed by atoms with Crippen molar-refractivity contribution in [1.82, 2.24) is 9.97 Å². The van der Waals surface area contributed by atoms with Crippen LogP contribution in [0, 0.1) is 5.82 Å². The van der Waals surface area contributed by atoms with E-state index in [4.69, 9.17) is 0 Å². The van der Waals surface area contributed by atoms with Gasteiger partial charge in [-0.05, 0) is 18.6 Å². The molecule has 2 aromatic rings. The van der Waals surface area contributed by atoms with E-state index >= 15 is 0 Å². The highest BCUT2D eigenvalue weighted by Crippen LogP contribution is 2.25. The zero-order valence-electron chi connectivity index (χ0n) is 10.5. The lowest BCUT2D eigenvalue weighted by atomic mass is 10.2. The first kappa shape index (κ1) is 13.6. The summed E-state index contributed by atoms with van der Waals surface area (Å²) in [5, 5.41) is 0.455. The lowest BCUT2D eigenvalue weighted by Crippen LogP contribution is -2.30. The second-order valence-electron chi connectivity index (χ2n) is 4.17. The van der Waals surface area contributed by atoms with Crippen molar-refractivity contribution in [3.05, 3.63) is 30.3 Å². The highest BCUT2D eigenvalue weighted by molar-refractivity contribution is 5.89. The van der Waals surface area contributed by atoms with Crippen LogP contribution in [0.5, 0.6) is 0 Å². The highest BCUT2D eigenvalue weighted by Gasteiger charge is 2.17. The first-order chi connectivity index (χ1) is 9.13. The fourth-order valence-corrected chi connectivity index (χ4v) is 2.01. The van der Waals surface area contributed by atoms with Crippen molar-refractivity contribution < 1.29 is 13.2 Å². The Labute approximate surface area is 109 Å². The fraction of sp³-hybridized carbons (Fsp3) is 0.385. The van der Waals surface area contributed by atoms with Crippen LogP contribution in [-0.2, 0) is 0 Å². The van der Waals surface area contributed by atoms with Crippen LogP contribution in [0.15, 0.2) is 24.5 Å². The number of rotatable bonds is 5. The third-order valence-electron chi connectivity index (χ3n) is 2.75. The van der Waals surface area contributed by atoms with E-state index in [0.29, 0.717) is 24.2 Å². The van der Waals surface area contributed by atoms with Crippen LogP contribution in [0.2, 0.25) is 0 Å². The molecule has 0 radical (unpaired) electrons. The molecule has 0 unspecified atom stereocenters. The average Bonchev–Trinajstić information content (AvgIpc) is 2.38. The van der Waals surface area contributed by atoms with E-state index < -0.39 is 18.8 Å². The van der Waals surface area contributed by atoms with Crippen LogP contribution in [0.4, 0.5) is 19.0 Å². The van der Waals surface area contributed by atoms with Gasteiger partial charge in [-0.25, -0.2) is 23.1 Å². The molecule has 2 rings (SSSR count). The SMILES string of the molecule is CCCN(CC(F)F)c1ncnc2c(F)cccc12.